The Kier molecular flexibility index (Phi) is 4.50. The fourth-order valence-electron chi connectivity index (χ4n) is 1.69. The van der Waals surface area contributed by atoms with Gasteiger partial charge in [-0.1, -0.05) is 0 Å². The van der Waals surface area contributed by atoms with E-state index in [0.717, 1.165) is 13.1 Å². The van der Waals surface area contributed by atoms with Gasteiger partial charge in [0.1, 0.15) is 12.1 Å². The third-order valence-electron chi connectivity index (χ3n) is 2.32. The van der Waals surface area contributed by atoms with Crippen LogP contribution in [0.2, 0.25) is 0 Å². The van der Waals surface area contributed by atoms with Gasteiger partial charge in [0.25, 0.3) is 0 Å². The molecular formula is C11H20N2O3. The van der Waals surface area contributed by atoms with Gasteiger partial charge in [-0.25, -0.2) is 9.86 Å². The predicted octanol–water partition coefficient (Wildman–Crippen LogP) is 0.351. The highest BCUT2D eigenvalue weighted by Crippen LogP contribution is 2.18. The van der Waals surface area contributed by atoms with E-state index in [2.05, 4.69) is 5.32 Å². The second-order valence-corrected chi connectivity index (χ2v) is 4.81. The first-order chi connectivity index (χ1) is 7.48. The van der Waals surface area contributed by atoms with E-state index in [9.17, 15) is 4.79 Å². The molecule has 0 radical (unpaired) electrons. The molecule has 1 aliphatic heterocycles. The summed E-state index contributed by atoms with van der Waals surface area (Å²) in [5, 5.41) is 4.74. The van der Waals surface area contributed by atoms with Gasteiger partial charge in [-0.15, -0.1) is 0 Å². The summed E-state index contributed by atoms with van der Waals surface area (Å²) in [6, 6.07) is 0.00525. The lowest BCUT2D eigenvalue weighted by Crippen LogP contribution is -2.44. The molecule has 5 heteroatoms. The highest BCUT2D eigenvalue weighted by molar-refractivity contribution is 5.43. The molecule has 0 bridgehead atoms. The van der Waals surface area contributed by atoms with E-state index in [0.29, 0.717) is 0 Å². The Morgan fingerprint density at radius 2 is 2.12 bits per heavy atom. The van der Waals surface area contributed by atoms with E-state index >= 15 is 0 Å². The van der Waals surface area contributed by atoms with Gasteiger partial charge in [0.2, 0.25) is 0 Å². The Morgan fingerprint density at radius 1 is 1.44 bits per heavy atom. The number of hydroxylamine groups is 2. The highest BCUT2D eigenvalue weighted by atomic mass is 16.7. The SMILES string of the molecule is CO[C@@H]1CNC[C@H]1N(C=C=O)OC(C)(C)C. The van der Waals surface area contributed by atoms with Crippen LogP contribution in [0.15, 0.2) is 6.20 Å². The zero-order valence-electron chi connectivity index (χ0n) is 10.3. The molecule has 1 heterocycles. The molecule has 0 aliphatic carbocycles. The lowest BCUT2D eigenvalue weighted by Gasteiger charge is -2.33. The minimum atomic E-state index is -0.353. The van der Waals surface area contributed by atoms with Gasteiger partial charge in [0, 0.05) is 20.2 Å². The Hall–Kier alpha value is -0.870. The summed E-state index contributed by atoms with van der Waals surface area (Å²) in [7, 11) is 1.66. The Bertz CT molecular complexity index is 269. The quantitative estimate of drug-likeness (QED) is 0.556. The van der Waals surface area contributed by atoms with Crippen molar-refractivity contribution in [3.63, 3.8) is 0 Å². The summed E-state index contributed by atoms with van der Waals surface area (Å²) in [4.78, 5) is 16.2. The molecule has 1 fully saturated rings. The van der Waals surface area contributed by atoms with E-state index in [-0.39, 0.29) is 17.7 Å². The van der Waals surface area contributed by atoms with Crippen molar-refractivity contribution in [3.8, 4) is 0 Å². The van der Waals surface area contributed by atoms with E-state index in [1.807, 2.05) is 20.8 Å². The lowest BCUT2D eigenvalue weighted by molar-refractivity contribution is -0.227. The van der Waals surface area contributed by atoms with Crippen LogP contribution in [0.25, 0.3) is 0 Å². The summed E-state index contributed by atoms with van der Waals surface area (Å²) in [5.74, 6) is 1.75. The van der Waals surface area contributed by atoms with E-state index in [4.69, 9.17) is 9.57 Å². The number of nitrogens with zero attached hydrogens (tertiary/aromatic N) is 1. The number of methoxy groups -OCH3 is 1. The molecule has 2 atom stereocenters. The van der Waals surface area contributed by atoms with Crippen molar-refractivity contribution in [3.05, 3.63) is 6.20 Å². The smallest absolute Gasteiger partial charge is 0.144 e. The second-order valence-electron chi connectivity index (χ2n) is 4.81. The van der Waals surface area contributed by atoms with Crippen molar-refractivity contribution in [2.75, 3.05) is 20.2 Å². The second kappa shape index (κ2) is 5.46. The van der Waals surface area contributed by atoms with Crippen LogP contribution in [-0.2, 0) is 14.4 Å². The number of hydrogen-bond donors (Lipinski definition) is 1. The molecule has 1 aliphatic rings. The summed E-state index contributed by atoms with van der Waals surface area (Å²) in [5.41, 5.74) is -0.353. The van der Waals surface area contributed by atoms with Gasteiger partial charge in [-0.3, -0.25) is 4.84 Å². The number of nitrogens with one attached hydrogen (secondary N) is 1. The molecule has 16 heavy (non-hydrogen) atoms. The topological polar surface area (TPSA) is 50.8 Å². The minimum absolute atomic E-state index is 0.00525. The van der Waals surface area contributed by atoms with E-state index in [1.54, 1.807) is 18.1 Å². The molecule has 0 aromatic rings. The van der Waals surface area contributed by atoms with Crippen molar-refractivity contribution in [1.82, 2.24) is 10.4 Å². The molecular weight excluding hydrogens is 208 g/mol. The Morgan fingerprint density at radius 3 is 2.62 bits per heavy atom. The first kappa shape index (κ1) is 13.2. The van der Waals surface area contributed by atoms with Gasteiger partial charge in [0.05, 0.1) is 17.7 Å². The highest BCUT2D eigenvalue weighted by Gasteiger charge is 2.33. The maximum Gasteiger partial charge on any atom is 0.144 e. The fraction of sp³-hybridized carbons (Fsp3) is 0.818. The fourth-order valence-corrected chi connectivity index (χ4v) is 1.69. The largest absolute Gasteiger partial charge is 0.378 e. The number of hydrogen-bond acceptors (Lipinski definition) is 5. The third kappa shape index (κ3) is 3.61. The van der Waals surface area contributed by atoms with Crippen molar-refractivity contribution in [2.45, 2.75) is 38.5 Å². The molecule has 0 aromatic heterocycles. The van der Waals surface area contributed by atoms with E-state index < -0.39 is 0 Å². The molecule has 5 nitrogen and oxygen atoms in total. The first-order valence-electron chi connectivity index (χ1n) is 5.40. The van der Waals surface area contributed by atoms with E-state index in [1.165, 1.54) is 6.20 Å². The molecule has 0 saturated carbocycles. The Labute approximate surface area is 96.3 Å². The number of carbonyl (C=O) groups excluding carboxylic acids is 1. The van der Waals surface area contributed by atoms with Gasteiger partial charge in [-0.2, -0.15) is 0 Å². The molecule has 1 N–H and O–H groups in total. The van der Waals surface area contributed by atoms with Crippen LogP contribution in [-0.4, -0.2) is 49.0 Å². The average molecular weight is 228 g/mol. The van der Waals surface area contributed by atoms with Crippen LogP contribution in [0.3, 0.4) is 0 Å². The molecule has 1 saturated heterocycles. The average Bonchev–Trinajstić information content (AvgIpc) is 2.62. The van der Waals surface area contributed by atoms with Gasteiger partial charge in [0.15, 0.2) is 0 Å². The lowest BCUT2D eigenvalue weighted by atomic mass is 10.2. The normalized spacial score (nSPS) is 25.2. The van der Waals surface area contributed by atoms with Gasteiger partial charge < -0.3 is 10.1 Å². The summed E-state index contributed by atoms with van der Waals surface area (Å²) < 4.78 is 5.33. The molecule has 0 spiro atoms. The van der Waals surface area contributed by atoms with Crippen molar-refractivity contribution >= 4 is 5.94 Å². The summed E-state index contributed by atoms with van der Waals surface area (Å²) in [6.45, 7) is 7.29. The molecule has 1 rings (SSSR count). The van der Waals surface area contributed by atoms with Gasteiger partial charge in [-0.05, 0) is 20.8 Å². The van der Waals surface area contributed by atoms with Crippen molar-refractivity contribution in [2.24, 2.45) is 0 Å². The van der Waals surface area contributed by atoms with Crippen LogP contribution in [0.1, 0.15) is 20.8 Å². The zero-order valence-corrected chi connectivity index (χ0v) is 10.3. The van der Waals surface area contributed by atoms with Crippen LogP contribution >= 0.6 is 0 Å². The third-order valence-corrected chi connectivity index (χ3v) is 2.32. The summed E-state index contributed by atoms with van der Waals surface area (Å²) >= 11 is 0. The first-order valence-corrected chi connectivity index (χ1v) is 5.40. The van der Waals surface area contributed by atoms with Gasteiger partial charge >= 0.3 is 0 Å². The van der Waals surface area contributed by atoms with Crippen molar-refractivity contribution in [1.29, 1.82) is 0 Å². The molecule has 0 aromatic carbocycles. The van der Waals surface area contributed by atoms with Crippen LogP contribution in [0.5, 0.6) is 0 Å². The predicted molar refractivity (Wildman–Crippen MR) is 60.4 cm³/mol. The molecule has 0 unspecified atom stereocenters. The van der Waals surface area contributed by atoms with Crippen LogP contribution < -0.4 is 5.32 Å². The Balaban J connectivity index is 2.72. The molecule has 0 amide bonds. The molecule has 92 valence electrons. The zero-order chi connectivity index (χ0) is 12.2. The standard InChI is InChI=1S/C11H20N2O3/c1-11(2,3)16-13(5-6-14)9-7-12-8-10(9)15-4/h5,9-10,12H,7-8H2,1-4H3/t9-,10-/m1/s1. The maximum atomic E-state index is 10.5. The minimum Gasteiger partial charge on any atom is -0.378 e. The van der Waals surface area contributed by atoms with Crippen LogP contribution in [0, 0.1) is 0 Å². The van der Waals surface area contributed by atoms with Crippen LogP contribution in [0.4, 0.5) is 0 Å². The monoisotopic (exact) mass is 228 g/mol. The maximum absolute atomic E-state index is 10.5. The number of ether oxygens (including phenoxy) is 1. The summed E-state index contributed by atoms with van der Waals surface area (Å²) in [6.07, 6.45) is 1.31. The number of rotatable bonds is 4. The van der Waals surface area contributed by atoms with Crippen molar-refractivity contribution < 1.29 is 14.4 Å².